The highest BCUT2D eigenvalue weighted by molar-refractivity contribution is 5.04. The van der Waals surface area contributed by atoms with Crippen LogP contribution in [0, 0.1) is 0 Å². The summed E-state index contributed by atoms with van der Waals surface area (Å²) in [7, 11) is 0. The van der Waals surface area contributed by atoms with Crippen molar-refractivity contribution in [2.75, 3.05) is 6.54 Å². The molecule has 0 aromatic carbocycles. The zero-order chi connectivity index (χ0) is 10.6. The summed E-state index contributed by atoms with van der Waals surface area (Å²) in [6.45, 7) is 1.88. The van der Waals surface area contributed by atoms with Gasteiger partial charge in [0.25, 0.3) is 0 Å². The fourth-order valence-corrected chi connectivity index (χ4v) is 2.29. The van der Waals surface area contributed by atoms with Gasteiger partial charge in [-0.2, -0.15) is 0 Å². The lowest BCUT2D eigenvalue weighted by Crippen LogP contribution is -2.39. The van der Waals surface area contributed by atoms with E-state index in [2.05, 4.69) is 5.32 Å². The topological polar surface area (TPSA) is 51.2 Å². The first kappa shape index (κ1) is 10.7. The van der Waals surface area contributed by atoms with E-state index in [-0.39, 0.29) is 5.54 Å². The fourth-order valence-electron chi connectivity index (χ4n) is 2.29. The van der Waals surface area contributed by atoms with Gasteiger partial charge >= 0.3 is 0 Å². The minimum Gasteiger partial charge on any atom is -0.472 e. The van der Waals surface area contributed by atoms with Crippen LogP contribution in [-0.2, 0) is 6.54 Å². The van der Waals surface area contributed by atoms with E-state index in [1.165, 1.54) is 31.2 Å². The van der Waals surface area contributed by atoms with Gasteiger partial charge in [-0.3, -0.25) is 0 Å². The number of furan rings is 1. The van der Waals surface area contributed by atoms with E-state index >= 15 is 0 Å². The zero-order valence-corrected chi connectivity index (χ0v) is 9.17. The molecule has 0 aliphatic heterocycles. The van der Waals surface area contributed by atoms with Gasteiger partial charge in [-0.05, 0) is 31.9 Å². The van der Waals surface area contributed by atoms with Crippen molar-refractivity contribution in [3.8, 4) is 0 Å². The molecule has 1 aromatic heterocycles. The molecule has 3 heteroatoms. The van der Waals surface area contributed by atoms with Crippen LogP contribution in [0.2, 0.25) is 0 Å². The van der Waals surface area contributed by atoms with Crippen LogP contribution >= 0.6 is 0 Å². The van der Waals surface area contributed by atoms with Crippen LogP contribution in [0.5, 0.6) is 0 Å². The predicted octanol–water partition coefficient (Wildman–Crippen LogP) is 2.03. The van der Waals surface area contributed by atoms with Gasteiger partial charge in [0, 0.05) is 17.6 Å². The van der Waals surface area contributed by atoms with Crippen LogP contribution < -0.4 is 11.1 Å². The Hall–Kier alpha value is -0.800. The summed E-state index contributed by atoms with van der Waals surface area (Å²) in [6, 6.07) is 1.99. The smallest absolute Gasteiger partial charge is 0.0947 e. The molecule has 1 fully saturated rings. The number of rotatable bonds is 5. The van der Waals surface area contributed by atoms with Gasteiger partial charge in [0.05, 0.1) is 12.5 Å². The van der Waals surface area contributed by atoms with Crippen molar-refractivity contribution >= 4 is 0 Å². The summed E-state index contributed by atoms with van der Waals surface area (Å²) in [4.78, 5) is 0. The monoisotopic (exact) mass is 208 g/mol. The summed E-state index contributed by atoms with van der Waals surface area (Å²) in [6.07, 6.45) is 9.57. The first-order valence-corrected chi connectivity index (χ1v) is 5.79. The van der Waals surface area contributed by atoms with Crippen LogP contribution in [-0.4, -0.2) is 12.1 Å². The van der Waals surface area contributed by atoms with E-state index in [1.807, 2.05) is 6.07 Å². The lowest BCUT2D eigenvalue weighted by Gasteiger charge is -2.23. The van der Waals surface area contributed by atoms with E-state index in [9.17, 15) is 0 Å². The van der Waals surface area contributed by atoms with Gasteiger partial charge in [-0.15, -0.1) is 0 Å². The van der Waals surface area contributed by atoms with Crippen molar-refractivity contribution in [3.05, 3.63) is 24.2 Å². The van der Waals surface area contributed by atoms with Crippen molar-refractivity contribution in [2.24, 2.45) is 5.73 Å². The SMILES string of the molecule is NC1(CCNCc2ccoc2)CCCC1. The van der Waals surface area contributed by atoms with Crippen LogP contribution in [0.25, 0.3) is 0 Å². The Balaban J connectivity index is 1.62. The Kier molecular flexibility index (Phi) is 3.44. The Morgan fingerprint density at radius 1 is 1.40 bits per heavy atom. The Labute approximate surface area is 91.0 Å². The van der Waals surface area contributed by atoms with E-state index in [0.717, 1.165) is 19.5 Å². The molecule has 0 saturated heterocycles. The van der Waals surface area contributed by atoms with Gasteiger partial charge in [0.15, 0.2) is 0 Å². The third-order valence-electron chi connectivity index (χ3n) is 3.31. The van der Waals surface area contributed by atoms with Crippen LogP contribution in [0.3, 0.4) is 0 Å². The molecule has 0 unspecified atom stereocenters. The standard InChI is InChI=1S/C12H20N2O/c13-12(4-1-2-5-12)6-7-14-9-11-3-8-15-10-11/h3,8,10,14H,1-2,4-7,9,13H2. The fraction of sp³-hybridized carbons (Fsp3) is 0.667. The first-order chi connectivity index (χ1) is 7.29. The minimum atomic E-state index is 0.114. The third kappa shape index (κ3) is 3.08. The second-order valence-electron chi connectivity index (χ2n) is 4.63. The van der Waals surface area contributed by atoms with Crippen LogP contribution in [0.4, 0.5) is 0 Å². The second kappa shape index (κ2) is 4.81. The van der Waals surface area contributed by atoms with E-state index < -0.39 is 0 Å². The molecule has 1 heterocycles. The molecule has 3 nitrogen and oxygen atoms in total. The molecular formula is C12H20N2O. The second-order valence-corrected chi connectivity index (χ2v) is 4.63. The lowest BCUT2D eigenvalue weighted by atomic mass is 9.95. The molecule has 1 aliphatic carbocycles. The molecule has 0 bridgehead atoms. The number of nitrogens with one attached hydrogen (secondary N) is 1. The normalized spacial score (nSPS) is 19.5. The average Bonchev–Trinajstić information content (AvgIpc) is 2.84. The summed E-state index contributed by atoms with van der Waals surface area (Å²) in [5, 5.41) is 3.40. The molecular weight excluding hydrogens is 188 g/mol. The van der Waals surface area contributed by atoms with E-state index in [4.69, 9.17) is 10.2 Å². The molecule has 0 radical (unpaired) electrons. The van der Waals surface area contributed by atoms with Gasteiger partial charge in [-0.25, -0.2) is 0 Å². The maximum Gasteiger partial charge on any atom is 0.0947 e. The molecule has 0 spiro atoms. The van der Waals surface area contributed by atoms with Gasteiger partial charge in [0.2, 0.25) is 0 Å². The van der Waals surface area contributed by atoms with Crippen molar-refractivity contribution in [1.29, 1.82) is 0 Å². The van der Waals surface area contributed by atoms with Crippen molar-refractivity contribution in [1.82, 2.24) is 5.32 Å². The number of hydrogen-bond acceptors (Lipinski definition) is 3. The van der Waals surface area contributed by atoms with Crippen molar-refractivity contribution in [3.63, 3.8) is 0 Å². The lowest BCUT2D eigenvalue weighted by molar-refractivity contribution is 0.393. The highest BCUT2D eigenvalue weighted by Crippen LogP contribution is 2.29. The highest BCUT2D eigenvalue weighted by Gasteiger charge is 2.28. The van der Waals surface area contributed by atoms with Gasteiger partial charge < -0.3 is 15.5 Å². The molecule has 0 amide bonds. The maximum atomic E-state index is 6.26. The third-order valence-corrected chi connectivity index (χ3v) is 3.31. The van der Waals surface area contributed by atoms with Crippen molar-refractivity contribution in [2.45, 2.75) is 44.2 Å². The summed E-state index contributed by atoms with van der Waals surface area (Å²) < 4.78 is 5.00. The Bertz CT molecular complexity index is 276. The molecule has 1 saturated carbocycles. The molecule has 1 aliphatic rings. The summed E-state index contributed by atoms with van der Waals surface area (Å²) in [5.41, 5.74) is 7.58. The molecule has 1 aromatic rings. The largest absolute Gasteiger partial charge is 0.472 e. The Morgan fingerprint density at radius 3 is 2.87 bits per heavy atom. The van der Waals surface area contributed by atoms with E-state index in [0.29, 0.717) is 0 Å². The molecule has 3 N–H and O–H groups in total. The maximum absolute atomic E-state index is 6.26. The van der Waals surface area contributed by atoms with Crippen LogP contribution in [0.15, 0.2) is 23.0 Å². The molecule has 84 valence electrons. The number of nitrogens with two attached hydrogens (primary N) is 1. The first-order valence-electron chi connectivity index (χ1n) is 5.79. The summed E-state index contributed by atoms with van der Waals surface area (Å²) in [5.74, 6) is 0. The quantitative estimate of drug-likeness (QED) is 0.728. The average molecular weight is 208 g/mol. The zero-order valence-electron chi connectivity index (χ0n) is 9.17. The van der Waals surface area contributed by atoms with E-state index in [1.54, 1.807) is 12.5 Å². The van der Waals surface area contributed by atoms with Crippen LogP contribution in [0.1, 0.15) is 37.7 Å². The minimum absolute atomic E-state index is 0.114. The predicted molar refractivity (Wildman–Crippen MR) is 60.4 cm³/mol. The van der Waals surface area contributed by atoms with Crippen molar-refractivity contribution < 1.29 is 4.42 Å². The molecule has 15 heavy (non-hydrogen) atoms. The highest BCUT2D eigenvalue weighted by atomic mass is 16.3. The summed E-state index contributed by atoms with van der Waals surface area (Å²) >= 11 is 0. The Morgan fingerprint density at radius 2 is 2.20 bits per heavy atom. The molecule has 2 rings (SSSR count). The van der Waals surface area contributed by atoms with Gasteiger partial charge in [0.1, 0.15) is 0 Å². The van der Waals surface area contributed by atoms with Gasteiger partial charge in [-0.1, -0.05) is 12.8 Å². The molecule has 0 atom stereocenters. The number of hydrogen-bond donors (Lipinski definition) is 2.